The van der Waals surface area contributed by atoms with E-state index >= 15 is 0 Å². The van der Waals surface area contributed by atoms with Gasteiger partial charge in [0.2, 0.25) is 5.91 Å². The maximum absolute atomic E-state index is 13.8. The number of carbonyl (C=O) groups excluding carboxylic acids is 1. The Kier molecular flexibility index (Phi) is 5.77. The van der Waals surface area contributed by atoms with Gasteiger partial charge in [0.25, 0.3) is 0 Å². The third-order valence-electron chi connectivity index (χ3n) is 5.87. The lowest BCUT2D eigenvalue weighted by molar-refractivity contribution is -0.148. The van der Waals surface area contributed by atoms with Crippen LogP contribution in [0.15, 0.2) is 85.2 Å². The minimum Gasteiger partial charge on any atom is -0.480 e. The highest BCUT2D eigenvalue weighted by Crippen LogP contribution is 2.33. The van der Waals surface area contributed by atoms with Gasteiger partial charge in [-0.3, -0.25) is 14.3 Å². The first kappa shape index (κ1) is 21.3. The molecule has 1 heterocycles. The average Bonchev–Trinajstić information content (AvgIpc) is 3.28. The monoisotopic (exact) mass is 427 g/mol. The molecule has 4 rings (SSSR count). The van der Waals surface area contributed by atoms with Crippen molar-refractivity contribution in [1.82, 2.24) is 9.78 Å². The van der Waals surface area contributed by atoms with Crippen LogP contribution in [0.3, 0.4) is 0 Å². The van der Waals surface area contributed by atoms with Gasteiger partial charge < -0.3 is 10.0 Å². The van der Waals surface area contributed by atoms with E-state index in [9.17, 15) is 14.7 Å². The van der Waals surface area contributed by atoms with E-state index in [2.05, 4.69) is 5.10 Å². The SMILES string of the molecule is CCN(C(=O)C(C)(C(=O)O)c1cnn(Cc2ccccc2)c1)c1cccc2ccccc12. The first-order valence-electron chi connectivity index (χ1n) is 10.5. The fourth-order valence-electron chi connectivity index (χ4n) is 3.95. The Bertz CT molecular complexity index is 1260. The summed E-state index contributed by atoms with van der Waals surface area (Å²) in [4.78, 5) is 27.8. The number of carbonyl (C=O) groups is 2. The molecule has 4 aromatic rings. The maximum atomic E-state index is 13.8. The van der Waals surface area contributed by atoms with Gasteiger partial charge in [-0.2, -0.15) is 5.10 Å². The third-order valence-corrected chi connectivity index (χ3v) is 5.87. The van der Waals surface area contributed by atoms with Crippen molar-refractivity contribution < 1.29 is 14.7 Å². The number of anilines is 1. The Hall–Kier alpha value is -3.93. The summed E-state index contributed by atoms with van der Waals surface area (Å²) in [7, 11) is 0. The molecule has 0 aliphatic rings. The topological polar surface area (TPSA) is 75.4 Å². The molecule has 0 fully saturated rings. The molecule has 0 saturated heterocycles. The van der Waals surface area contributed by atoms with E-state index in [0.717, 1.165) is 16.3 Å². The number of aromatic nitrogens is 2. The summed E-state index contributed by atoms with van der Waals surface area (Å²) in [6, 6.07) is 23.2. The highest BCUT2D eigenvalue weighted by atomic mass is 16.4. The second kappa shape index (κ2) is 8.67. The molecular formula is C26H25N3O3. The number of rotatable bonds is 7. The van der Waals surface area contributed by atoms with Crippen LogP contribution in [0.5, 0.6) is 0 Å². The number of nitrogens with zero attached hydrogens (tertiary/aromatic N) is 3. The molecule has 0 spiro atoms. The number of aliphatic carboxylic acids is 1. The van der Waals surface area contributed by atoms with Crippen molar-refractivity contribution in [3.8, 4) is 0 Å². The van der Waals surface area contributed by atoms with E-state index in [0.29, 0.717) is 24.3 Å². The van der Waals surface area contributed by atoms with Crippen LogP contribution in [0.2, 0.25) is 0 Å². The molecule has 1 amide bonds. The number of hydrogen-bond donors (Lipinski definition) is 1. The number of likely N-dealkylation sites (N-methyl/N-ethyl adjacent to an activating group) is 1. The molecule has 1 unspecified atom stereocenters. The second-order valence-corrected chi connectivity index (χ2v) is 7.89. The molecule has 162 valence electrons. The van der Waals surface area contributed by atoms with Gasteiger partial charge in [-0.25, -0.2) is 0 Å². The van der Waals surface area contributed by atoms with Crippen LogP contribution in [-0.2, 0) is 21.5 Å². The van der Waals surface area contributed by atoms with Crippen LogP contribution in [-0.4, -0.2) is 33.3 Å². The van der Waals surface area contributed by atoms with Crippen LogP contribution in [0.25, 0.3) is 10.8 Å². The van der Waals surface area contributed by atoms with Crippen molar-refractivity contribution in [3.63, 3.8) is 0 Å². The Morgan fingerprint density at radius 1 is 1.00 bits per heavy atom. The number of amides is 1. The van der Waals surface area contributed by atoms with E-state index in [1.807, 2.05) is 79.7 Å². The molecule has 1 atom stereocenters. The number of fused-ring (bicyclic) bond motifs is 1. The molecule has 32 heavy (non-hydrogen) atoms. The predicted octanol–water partition coefficient (Wildman–Crippen LogP) is 4.48. The summed E-state index contributed by atoms with van der Waals surface area (Å²) in [6.45, 7) is 4.13. The van der Waals surface area contributed by atoms with Gasteiger partial charge in [-0.1, -0.05) is 66.7 Å². The first-order valence-corrected chi connectivity index (χ1v) is 10.5. The largest absolute Gasteiger partial charge is 0.480 e. The molecule has 1 aromatic heterocycles. The molecule has 6 nitrogen and oxygen atoms in total. The van der Waals surface area contributed by atoms with Crippen LogP contribution < -0.4 is 4.90 Å². The zero-order valence-corrected chi connectivity index (χ0v) is 18.1. The Balaban J connectivity index is 1.72. The van der Waals surface area contributed by atoms with Crippen molar-refractivity contribution in [1.29, 1.82) is 0 Å². The lowest BCUT2D eigenvalue weighted by atomic mass is 9.82. The highest BCUT2D eigenvalue weighted by molar-refractivity contribution is 6.16. The molecule has 0 aliphatic carbocycles. The van der Waals surface area contributed by atoms with Gasteiger partial charge in [-0.15, -0.1) is 0 Å². The smallest absolute Gasteiger partial charge is 0.323 e. The van der Waals surface area contributed by atoms with Crippen molar-refractivity contribution in [3.05, 3.63) is 96.3 Å². The standard InChI is InChI=1S/C26H25N3O3/c1-3-29(23-15-9-13-20-12-7-8-14-22(20)23)24(30)26(2,25(31)32)21-16-27-28(18-21)17-19-10-5-4-6-11-19/h4-16,18H,3,17H2,1-2H3,(H,31,32). The summed E-state index contributed by atoms with van der Waals surface area (Å²) in [5.41, 5.74) is 0.308. The molecule has 6 heteroatoms. The molecular weight excluding hydrogens is 402 g/mol. The zero-order valence-electron chi connectivity index (χ0n) is 18.1. The van der Waals surface area contributed by atoms with E-state index in [-0.39, 0.29) is 0 Å². The Labute approximate surface area is 186 Å². The van der Waals surface area contributed by atoms with Gasteiger partial charge in [0, 0.05) is 23.7 Å². The van der Waals surface area contributed by atoms with E-state index in [1.54, 1.807) is 15.8 Å². The summed E-state index contributed by atoms with van der Waals surface area (Å²) in [5, 5.41) is 16.4. The minimum atomic E-state index is -1.78. The molecule has 1 N–H and O–H groups in total. The Morgan fingerprint density at radius 3 is 2.41 bits per heavy atom. The number of carboxylic acids is 1. The van der Waals surface area contributed by atoms with Crippen molar-refractivity contribution >= 4 is 28.3 Å². The minimum absolute atomic E-state index is 0.341. The van der Waals surface area contributed by atoms with Crippen LogP contribution in [0.4, 0.5) is 5.69 Å². The number of benzene rings is 3. The van der Waals surface area contributed by atoms with E-state index < -0.39 is 17.3 Å². The van der Waals surface area contributed by atoms with Crippen LogP contribution in [0.1, 0.15) is 25.0 Å². The number of carboxylic acid groups (broad SMARTS) is 1. The summed E-state index contributed by atoms with van der Waals surface area (Å²) < 4.78 is 1.66. The van der Waals surface area contributed by atoms with E-state index in [4.69, 9.17) is 0 Å². The lowest BCUT2D eigenvalue weighted by Gasteiger charge is -2.31. The fraction of sp³-hybridized carbons (Fsp3) is 0.192. The molecule has 0 saturated carbocycles. The van der Waals surface area contributed by atoms with Gasteiger partial charge in [0.05, 0.1) is 18.4 Å². The zero-order chi connectivity index (χ0) is 22.7. The van der Waals surface area contributed by atoms with Gasteiger partial charge in [-0.05, 0) is 30.9 Å². The number of hydrogen-bond acceptors (Lipinski definition) is 3. The third kappa shape index (κ3) is 3.75. The second-order valence-electron chi connectivity index (χ2n) is 7.89. The van der Waals surface area contributed by atoms with Gasteiger partial charge >= 0.3 is 5.97 Å². The van der Waals surface area contributed by atoms with Crippen molar-refractivity contribution in [2.24, 2.45) is 0 Å². The normalized spacial score (nSPS) is 12.9. The predicted molar refractivity (Wildman–Crippen MR) is 125 cm³/mol. The van der Waals surface area contributed by atoms with Gasteiger partial charge in [0.1, 0.15) is 0 Å². The van der Waals surface area contributed by atoms with Crippen LogP contribution in [0, 0.1) is 0 Å². The van der Waals surface area contributed by atoms with Crippen molar-refractivity contribution in [2.75, 3.05) is 11.4 Å². The van der Waals surface area contributed by atoms with Crippen molar-refractivity contribution in [2.45, 2.75) is 25.8 Å². The van der Waals surface area contributed by atoms with E-state index in [1.165, 1.54) is 13.1 Å². The summed E-state index contributed by atoms with van der Waals surface area (Å²) in [6.07, 6.45) is 3.13. The molecule has 0 bridgehead atoms. The molecule has 3 aromatic carbocycles. The fourth-order valence-corrected chi connectivity index (χ4v) is 3.95. The molecule has 0 radical (unpaired) electrons. The summed E-state index contributed by atoms with van der Waals surface area (Å²) >= 11 is 0. The summed E-state index contributed by atoms with van der Waals surface area (Å²) in [5.74, 6) is -1.71. The lowest BCUT2D eigenvalue weighted by Crippen LogP contribution is -2.50. The molecule has 0 aliphatic heterocycles. The highest BCUT2D eigenvalue weighted by Gasteiger charge is 2.47. The van der Waals surface area contributed by atoms with Crippen LogP contribution >= 0.6 is 0 Å². The maximum Gasteiger partial charge on any atom is 0.323 e. The average molecular weight is 428 g/mol. The quantitative estimate of drug-likeness (QED) is 0.441. The Morgan fingerprint density at radius 2 is 1.69 bits per heavy atom. The first-order chi connectivity index (χ1) is 15.4. The van der Waals surface area contributed by atoms with Gasteiger partial charge in [0.15, 0.2) is 5.41 Å².